The fourth-order valence-corrected chi connectivity index (χ4v) is 3.38. The number of oxazole rings is 1. The van der Waals surface area contributed by atoms with E-state index in [4.69, 9.17) is 19.5 Å². The molecule has 1 heterocycles. The molecule has 4 N–H and O–H groups in total. The van der Waals surface area contributed by atoms with Gasteiger partial charge >= 0.3 is 0 Å². The maximum absolute atomic E-state index is 11.5. The molecule has 10 heteroatoms. The lowest BCUT2D eigenvalue weighted by Crippen LogP contribution is -2.18. The number of amides is 1. The molecule has 0 radical (unpaired) electrons. The highest BCUT2D eigenvalue weighted by Crippen LogP contribution is 2.34. The number of nitrogens with two attached hydrogens (primary N) is 1. The van der Waals surface area contributed by atoms with Crippen molar-refractivity contribution in [2.24, 2.45) is 5.14 Å². The zero-order chi connectivity index (χ0) is 21.7. The van der Waals surface area contributed by atoms with Crippen LogP contribution in [0.3, 0.4) is 0 Å². The van der Waals surface area contributed by atoms with Crippen LogP contribution in [0.4, 0.5) is 0 Å². The van der Waals surface area contributed by atoms with Crippen LogP contribution >= 0.6 is 0 Å². The summed E-state index contributed by atoms with van der Waals surface area (Å²) in [6, 6.07) is 13.2. The van der Waals surface area contributed by atoms with E-state index in [0.29, 0.717) is 41.5 Å². The summed E-state index contributed by atoms with van der Waals surface area (Å²) in [6.45, 7) is 0. The number of hydrogen-bond donors (Lipinski definition) is 3. The third-order valence-corrected chi connectivity index (χ3v) is 5.33. The number of aromatic nitrogens is 1. The standard InChI is InChI=1S/C20H21N3O6S/c1-28-15-9-5-13(6-10-15)19-20(14-7-11-16(12-8-14)30(21,26)27)29-18(22-19)4-2-3-17(24)23-25/h5-12,25H,2-4H2,1H3,(H,23,24)(H2,21,26,27). The number of primary sulfonamides is 1. The van der Waals surface area contributed by atoms with E-state index in [2.05, 4.69) is 4.98 Å². The first-order valence-corrected chi connectivity index (χ1v) is 10.6. The third kappa shape index (κ3) is 5.03. The Morgan fingerprint density at radius 2 is 1.77 bits per heavy atom. The van der Waals surface area contributed by atoms with Crippen molar-refractivity contribution in [2.45, 2.75) is 24.2 Å². The summed E-state index contributed by atoms with van der Waals surface area (Å²) in [5.41, 5.74) is 3.57. The first kappa shape index (κ1) is 21.5. The van der Waals surface area contributed by atoms with Crippen LogP contribution in [0.15, 0.2) is 57.8 Å². The lowest BCUT2D eigenvalue weighted by Gasteiger charge is -2.04. The predicted octanol–water partition coefficient (Wildman–Crippen LogP) is 2.49. The van der Waals surface area contributed by atoms with E-state index in [1.165, 1.54) is 12.1 Å². The summed E-state index contributed by atoms with van der Waals surface area (Å²) in [6.07, 6.45) is 0.930. The number of carbonyl (C=O) groups excluding carboxylic acids is 1. The van der Waals surface area contributed by atoms with Crippen molar-refractivity contribution in [2.75, 3.05) is 7.11 Å². The maximum Gasteiger partial charge on any atom is 0.243 e. The molecule has 0 fully saturated rings. The van der Waals surface area contributed by atoms with E-state index in [1.807, 2.05) is 12.1 Å². The van der Waals surface area contributed by atoms with Crippen LogP contribution < -0.4 is 15.4 Å². The summed E-state index contributed by atoms with van der Waals surface area (Å²) < 4.78 is 34.1. The number of sulfonamides is 1. The van der Waals surface area contributed by atoms with Crippen molar-refractivity contribution in [1.82, 2.24) is 10.5 Å². The molecule has 2 aromatic carbocycles. The highest BCUT2D eigenvalue weighted by Gasteiger charge is 2.18. The molecular weight excluding hydrogens is 410 g/mol. The zero-order valence-corrected chi connectivity index (χ0v) is 17.0. The molecule has 0 bridgehead atoms. The van der Waals surface area contributed by atoms with E-state index in [-0.39, 0.29) is 11.3 Å². The highest BCUT2D eigenvalue weighted by atomic mass is 32.2. The molecule has 30 heavy (non-hydrogen) atoms. The van der Waals surface area contributed by atoms with Gasteiger partial charge in [-0.2, -0.15) is 0 Å². The second-order valence-corrected chi connectivity index (χ2v) is 8.03. The smallest absolute Gasteiger partial charge is 0.243 e. The molecule has 0 saturated carbocycles. The summed E-state index contributed by atoms with van der Waals surface area (Å²) in [7, 11) is -2.23. The molecule has 0 aliphatic heterocycles. The summed E-state index contributed by atoms with van der Waals surface area (Å²) >= 11 is 0. The van der Waals surface area contributed by atoms with Gasteiger partial charge in [-0.05, 0) is 55.0 Å². The number of nitrogens with zero attached hydrogens (tertiary/aromatic N) is 1. The molecule has 1 amide bonds. The van der Waals surface area contributed by atoms with Gasteiger partial charge in [0.15, 0.2) is 11.7 Å². The lowest BCUT2D eigenvalue weighted by atomic mass is 10.1. The molecule has 0 saturated heterocycles. The first-order chi connectivity index (χ1) is 14.3. The van der Waals surface area contributed by atoms with Crippen LogP contribution in [0.5, 0.6) is 5.75 Å². The minimum absolute atomic E-state index is 0.00741. The molecule has 0 spiro atoms. The van der Waals surface area contributed by atoms with Crippen molar-refractivity contribution in [3.8, 4) is 28.3 Å². The van der Waals surface area contributed by atoms with Gasteiger partial charge < -0.3 is 9.15 Å². The molecule has 0 unspecified atom stereocenters. The minimum atomic E-state index is -3.81. The Kier molecular flexibility index (Phi) is 6.50. The van der Waals surface area contributed by atoms with Gasteiger partial charge in [0.2, 0.25) is 15.9 Å². The summed E-state index contributed by atoms with van der Waals surface area (Å²) in [5.74, 6) is 1.08. The Labute approximate surface area is 173 Å². The fourth-order valence-electron chi connectivity index (χ4n) is 2.86. The van der Waals surface area contributed by atoms with Gasteiger partial charge in [0.1, 0.15) is 11.4 Å². The molecule has 0 aliphatic rings. The highest BCUT2D eigenvalue weighted by molar-refractivity contribution is 7.89. The fraction of sp³-hybridized carbons (Fsp3) is 0.200. The average molecular weight is 431 g/mol. The zero-order valence-electron chi connectivity index (χ0n) is 16.2. The maximum atomic E-state index is 11.5. The van der Waals surface area contributed by atoms with Crippen molar-refractivity contribution in [1.29, 1.82) is 0 Å². The Bertz CT molecular complexity index is 1120. The van der Waals surface area contributed by atoms with Crippen molar-refractivity contribution in [3.05, 3.63) is 54.4 Å². The van der Waals surface area contributed by atoms with Crippen molar-refractivity contribution in [3.63, 3.8) is 0 Å². The summed E-state index contributed by atoms with van der Waals surface area (Å²) in [5, 5.41) is 13.8. The van der Waals surface area contributed by atoms with Gasteiger partial charge in [0.05, 0.1) is 12.0 Å². The van der Waals surface area contributed by atoms with Gasteiger partial charge in [0.25, 0.3) is 0 Å². The Balaban J connectivity index is 1.97. The normalized spacial score (nSPS) is 11.3. The molecular formula is C20H21N3O6S. The number of benzene rings is 2. The second kappa shape index (κ2) is 9.08. The molecule has 9 nitrogen and oxygen atoms in total. The number of ether oxygens (including phenoxy) is 1. The Hall–Kier alpha value is -3.21. The van der Waals surface area contributed by atoms with Gasteiger partial charge in [-0.15, -0.1) is 0 Å². The first-order valence-electron chi connectivity index (χ1n) is 9.02. The van der Waals surface area contributed by atoms with E-state index in [1.54, 1.807) is 36.9 Å². The Morgan fingerprint density at radius 3 is 2.33 bits per heavy atom. The van der Waals surface area contributed by atoms with Crippen LogP contribution in [-0.4, -0.2) is 31.6 Å². The SMILES string of the molecule is COc1ccc(-c2nc(CCCC(=O)NO)oc2-c2ccc(S(N)(=O)=O)cc2)cc1. The molecule has 158 valence electrons. The van der Waals surface area contributed by atoms with E-state index < -0.39 is 15.9 Å². The summed E-state index contributed by atoms with van der Waals surface area (Å²) in [4.78, 5) is 15.8. The van der Waals surface area contributed by atoms with E-state index >= 15 is 0 Å². The number of methoxy groups -OCH3 is 1. The van der Waals surface area contributed by atoms with Crippen LogP contribution in [0.1, 0.15) is 18.7 Å². The van der Waals surface area contributed by atoms with Crippen LogP contribution in [0.25, 0.3) is 22.6 Å². The number of rotatable bonds is 8. The number of nitrogens with one attached hydrogen (secondary N) is 1. The molecule has 1 aromatic heterocycles. The molecule has 0 atom stereocenters. The van der Waals surface area contributed by atoms with Crippen molar-refractivity contribution < 1.29 is 27.6 Å². The molecule has 3 rings (SSSR count). The topological polar surface area (TPSA) is 145 Å². The molecule has 3 aromatic rings. The van der Waals surface area contributed by atoms with Gasteiger partial charge in [0, 0.05) is 24.0 Å². The second-order valence-electron chi connectivity index (χ2n) is 6.47. The van der Waals surface area contributed by atoms with Crippen LogP contribution in [-0.2, 0) is 21.2 Å². The van der Waals surface area contributed by atoms with Gasteiger partial charge in [-0.3, -0.25) is 10.0 Å². The van der Waals surface area contributed by atoms with Crippen molar-refractivity contribution >= 4 is 15.9 Å². The van der Waals surface area contributed by atoms with Gasteiger partial charge in [-0.25, -0.2) is 24.0 Å². The Morgan fingerprint density at radius 1 is 1.13 bits per heavy atom. The van der Waals surface area contributed by atoms with Crippen LogP contribution in [0, 0.1) is 0 Å². The quantitative estimate of drug-likeness (QED) is 0.367. The minimum Gasteiger partial charge on any atom is -0.497 e. The van der Waals surface area contributed by atoms with E-state index in [9.17, 15) is 13.2 Å². The third-order valence-electron chi connectivity index (χ3n) is 4.40. The van der Waals surface area contributed by atoms with Gasteiger partial charge in [-0.1, -0.05) is 0 Å². The number of carbonyl (C=O) groups is 1. The molecule has 0 aliphatic carbocycles. The van der Waals surface area contributed by atoms with E-state index in [0.717, 1.165) is 5.56 Å². The number of hydrogen-bond acceptors (Lipinski definition) is 7. The predicted molar refractivity (Wildman–Crippen MR) is 108 cm³/mol. The number of hydroxylamine groups is 1. The number of aryl methyl sites for hydroxylation is 1. The monoisotopic (exact) mass is 431 g/mol. The lowest BCUT2D eigenvalue weighted by molar-refractivity contribution is -0.129. The van der Waals surface area contributed by atoms with Crippen LogP contribution in [0.2, 0.25) is 0 Å². The average Bonchev–Trinajstić information content (AvgIpc) is 3.17. The largest absolute Gasteiger partial charge is 0.497 e.